The van der Waals surface area contributed by atoms with Gasteiger partial charge < -0.3 is 16.0 Å². The molecule has 0 aromatic heterocycles. The van der Waals surface area contributed by atoms with Crippen molar-refractivity contribution in [2.45, 2.75) is 39.2 Å². The number of amides is 1. The molecule has 1 amide bonds. The first-order chi connectivity index (χ1) is 10.6. The van der Waals surface area contributed by atoms with Gasteiger partial charge >= 0.3 is 0 Å². The summed E-state index contributed by atoms with van der Waals surface area (Å²) < 4.78 is 0. The number of carbonyl (C=O) groups is 1. The number of halogens is 2. The highest BCUT2D eigenvalue weighted by Gasteiger charge is 2.22. The molecule has 0 radical (unpaired) electrons. The van der Waals surface area contributed by atoms with Gasteiger partial charge in [0.15, 0.2) is 5.96 Å². The molecule has 1 saturated carbocycles. The lowest BCUT2D eigenvalue weighted by Crippen LogP contribution is -2.38. The van der Waals surface area contributed by atoms with E-state index in [2.05, 4.69) is 20.9 Å². The van der Waals surface area contributed by atoms with Crippen LogP contribution in [0.4, 0.5) is 5.69 Å². The molecule has 0 heterocycles. The topological polar surface area (TPSA) is 65.5 Å². The van der Waals surface area contributed by atoms with E-state index in [1.54, 1.807) is 0 Å². The van der Waals surface area contributed by atoms with E-state index in [-0.39, 0.29) is 29.9 Å². The third kappa shape index (κ3) is 7.39. The molecule has 1 aromatic rings. The number of aliphatic imine (C=N–C) groups is 1. The van der Waals surface area contributed by atoms with E-state index in [1.165, 1.54) is 12.8 Å². The number of hydrogen-bond acceptors (Lipinski definition) is 2. The molecule has 1 aliphatic rings. The fourth-order valence-electron chi connectivity index (χ4n) is 1.94. The molecule has 128 valence electrons. The summed E-state index contributed by atoms with van der Waals surface area (Å²) in [5.74, 6) is 0.697. The van der Waals surface area contributed by atoms with Gasteiger partial charge in [0.2, 0.25) is 5.91 Å². The first-order valence-electron chi connectivity index (χ1n) is 7.69. The van der Waals surface area contributed by atoms with Gasteiger partial charge in [0, 0.05) is 19.0 Å². The second-order valence-corrected chi connectivity index (χ2v) is 5.87. The van der Waals surface area contributed by atoms with Gasteiger partial charge in [-0.05, 0) is 44.4 Å². The molecule has 0 aliphatic heterocycles. The molecule has 7 heteroatoms. The zero-order valence-electron chi connectivity index (χ0n) is 13.5. The maximum atomic E-state index is 11.9. The average molecular weight is 451 g/mol. The number of nitrogens with one attached hydrogen (secondary N) is 3. The van der Waals surface area contributed by atoms with Gasteiger partial charge in [-0.3, -0.25) is 9.79 Å². The quantitative estimate of drug-likeness (QED) is 0.354. The summed E-state index contributed by atoms with van der Waals surface area (Å²) >= 11 is 6.10. The van der Waals surface area contributed by atoms with Gasteiger partial charge in [0.05, 0.1) is 17.3 Å². The maximum Gasteiger partial charge on any atom is 0.226 e. The normalized spacial score (nSPS) is 14.0. The molecule has 0 atom stereocenters. The molecule has 1 aromatic carbocycles. The Morgan fingerprint density at radius 1 is 1.39 bits per heavy atom. The lowest BCUT2D eigenvalue weighted by atomic mass is 10.2. The number of benzene rings is 1. The highest BCUT2D eigenvalue weighted by atomic mass is 127. The predicted octanol–water partition coefficient (Wildman–Crippen LogP) is 3.31. The monoisotopic (exact) mass is 450 g/mol. The second-order valence-electron chi connectivity index (χ2n) is 5.46. The summed E-state index contributed by atoms with van der Waals surface area (Å²) in [6, 6.07) is 6.11. The average Bonchev–Trinajstić information content (AvgIpc) is 3.26. The van der Waals surface area contributed by atoms with Crippen molar-refractivity contribution < 1.29 is 4.79 Å². The predicted molar refractivity (Wildman–Crippen MR) is 107 cm³/mol. The summed E-state index contributed by atoms with van der Waals surface area (Å²) in [6.45, 7) is 5.23. The van der Waals surface area contributed by atoms with E-state index in [0.29, 0.717) is 29.7 Å². The standard InChI is InChI=1S/C16H23ClN4O.HI/c1-3-18-16(20-12-5-6-12)19-9-8-15(22)21-14-7-4-11(2)10-13(14)17;/h4,7,10,12H,3,5-6,8-9H2,1-2H3,(H,21,22)(H2,18,19,20);1H. The van der Waals surface area contributed by atoms with E-state index in [4.69, 9.17) is 11.6 Å². The zero-order valence-corrected chi connectivity index (χ0v) is 16.6. The molecule has 2 rings (SSSR count). The van der Waals surface area contributed by atoms with Crippen molar-refractivity contribution in [1.29, 1.82) is 0 Å². The maximum absolute atomic E-state index is 11.9. The smallest absolute Gasteiger partial charge is 0.226 e. The van der Waals surface area contributed by atoms with Crippen LogP contribution < -0.4 is 16.0 Å². The number of carbonyl (C=O) groups excluding carboxylic acids is 1. The number of nitrogens with zero attached hydrogens (tertiary/aromatic N) is 1. The molecule has 1 fully saturated rings. The van der Waals surface area contributed by atoms with E-state index in [1.807, 2.05) is 32.0 Å². The van der Waals surface area contributed by atoms with Gasteiger partial charge in [-0.15, -0.1) is 24.0 Å². The summed E-state index contributed by atoms with van der Waals surface area (Å²) in [5.41, 5.74) is 1.71. The van der Waals surface area contributed by atoms with Gasteiger partial charge in [-0.25, -0.2) is 0 Å². The molecule has 0 bridgehead atoms. The van der Waals surface area contributed by atoms with Crippen LogP contribution in [0.15, 0.2) is 23.2 Å². The van der Waals surface area contributed by atoms with Gasteiger partial charge in [-0.1, -0.05) is 17.7 Å². The number of anilines is 1. The van der Waals surface area contributed by atoms with Crippen LogP contribution in [0.1, 0.15) is 31.7 Å². The van der Waals surface area contributed by atoms with Gasteiger partial charge in [0.1, 0.15) is 0 Å². The van der Waals surface area contributed by atoms with E-state index in [0.717, 1.165) is 18.1 Å². The van der Waals surface area contributed by atoms with Crippen molar-refractivity contribution >= 4 is 53.1 Å². The molecule has 0 spiro atoms. The Morgan fingerprint density at radius 2 is 2.13 bits per heavy atom. The SMILES string of the molecule is CCNC(=NCCC(=O)Nc1ccc(C)cc1Cl)NC1CC1.I. The van der Waals surface area contributed by atoms with Crippen LogP contribution in [0.3, 0.4) is 0 Å². The number of rotatable bonds is 6. The Bertz CT molecular complexity index is 561. The van der Waals surface area contributed by atoms with Crippen molar-refractivity contribution in [2.75, 3.05) is 18.4 Å². The van der Waals surface area contributed by atoms with Crippen molar-refractivity contribution in [1.82, 2.24) is 10.6 Å². The molecule has 23 heavy (non-hydrogen) atoms. The van der Waals surface area contributed by atoms with Gasteiger partial charge in [0.25, 0.3) is 0 Å². The molecule has 3 N–H and O–H groups in total. The number of hydrogen-bond donors (Lipinski definition) is 3. The van der Waals surface area contributed by atoms with Crippen LogP contribution in [0.25, 0.3) is 0 Å². The van der Waals surface area contributed by atoms with Crippen molar-refractivity contribution in [3.05, 3.63) is 28.8 Å². The summed E-state index contributed by atoms with van der Waals surface area (Å²) in [6.07, 6.45) is 2.71. The number of guanidine groups is 1. The molecule has 0 unspecified atom stereocenters. The number of aryl methyl sites for hydroxylation is 1. The van der Waals surface area contributed by atoms with E-state index in [9.17, 15) is 4.79 Å². The Labute approximate surface area is 159 Å². The van der Waals surface area contributed by atoms with Crippen LogP contribution in [-0.2, 0) is 4.79 Å². The third-order valence-corrected chi connectivity index (χ3v) is 3.58. The van der Waals surface area contributed by atoms with Crippen molar-refractivity contribution in [2.24, 2.45) is 4.99 Å². The summed E-state index contributed by atoms with van der Waals surface area (Å²) in [4.78, 5) is 16.4. The zero-order chi connectivity index (χ0) is 15.9. The Balaban J connectivity index is 0.00000264. The minimum atomic E-state index is -0.0863. The van der Waals surface area contributed by atoms with Crippen LogP contribution in [0.2, 0.25) is 5.02 Å². The highest BCUT2D eigenvalue weighted by molar-refractivity contribution is 14.0. The first-order valence-corrected chi connectivity index (χ1v) is 8.07. The Kier molecular flexibility index (Phi) is 8.68. The lowest BCUT2D eigenvalue weighted by molar-refractivity contribution is -0.116. The van der Waals surface area contributed by atoms with Gasteiger partial charge in [-0.2, -0.15) is 0 Å². The third-order valence-electron chi connectivity index (χ3n) is 3.27. The summed E-state index contributed by atoms with van der Waals surface area (Å²) in [7, 11) is 0. The fourth-order valence-corrected chi connectivity index (χ4v) is 2.23. The van der Waals surface area contributed by atoms with Crippen LogP contribution in [-0.4, -0.2) is 31.0 Å². The Morgan fingerprint density at radius 3 is 2.74 bits per heavy atom. The fraction of sp³-hybridized carbons (Fsp3) is 0.500. The molecule has 0 saturated heterocycles. The minimum absolute atomic E-state index is 0. The van der Waals surface area contributed by atoms with Crippen molar-refractivity contribution in [3.63, 3.8) is 0 Å². The molecule has 1 aliphatic carbocycles. The van der Waals surface area contributed by atoms with E-state index >= 15 is 0 Å². The molecular formula is C16H24ClIN4O. The lowest BCUT2D eigenvalue weighted by Gasteiger charge is -2.10. The largest absolute Gasteiger partial charge is 0.357 e. The van der Waals surface area contributed by atoms with Crippen LogP contribution >= 0.6 is 35.6 Å². The second kappa shape index (κ2) is 9.97. The van der Waals surface area contributed by atoms with E-state index < -0.39 is 0 Å². The highest BCUT2D eigenvalue weighted by Crippen LogP contribution is 2.22. The Hall–Kier alpha value is -1.02. The minimum Gasteiger partial charge on any atom is -0.357 e. The summed E-state index contributed by atoms with van der Waals surface area (Å²) in [5, 5.41) is 9.87. The van der Waals surface area contributed by atoms with Crippen LogP contribution in [0.5, 0.6) is 0 Å². The van der Waals surface area contributed by atoms with Crippen molar-refractivity contribution in [3.8, 4) is 0 Å². The molecular weight excluding hydrogens is 427 g/mol. The first kappa shape index (κ1) is 20.0. The van der Waals surface area contributed by atoms with Crippen LogP contribution in [0, 0.1) is 6.92 Å². The molecule has 5 nitrogen and oxygen atoms in total.